The Morgan fingerprint density at radius 1 is 0.784 bits per heavy atom. The van der Waals surface area contributed by atoms with Crippen molar-refractivity contribution >= 4 is 0 Å². The third-order valence-corrected chi connectivity index (χ3v) is 6.80. The lowest BCUT2D eigenvalue weighted by molar-refractivity contribution is -0.190. The van der Waals surface area contributed by atoms with Crippen LogP contribution in [0.3, 0.4) is 0 Å². The largest absolute Gasteiger partial charge is 0.352 e. The first kappa shape index (κ1) is 27.1. The first-order chi connectivity index (χ1) is 17.9. The van der Waals surface area contributed by atoms with Gasteiger partial charge in [0.2, 0.25) is 0 Å². The van der Waals surface area contributed by atoms with E-state index in [9.17, 15) is 8.78 Å². The van der Waals surface area contributed by atoms with Crippen LogP contribution in [-0.4, -0.2) is 19.5 Å². The number of halogens is 4. The summed E-state index contributed by atoms with van der Waals surface area (Å²) in [4.78, 5) is 0. The highest BCUT2D eigenvalue weighted by Crippen LogP contribution is 2.34. The Morgan fingerprint density at radius 2 is 1.38 bits per heavy atom. The van der Waals surface area contributed by atoms with E-state index < -0.39 is 23.3 Å². The van der Waals surface area contributed by atoms with E-state index in [0.717, 1.165) is 19.3 Å². The van der Waals surface area contributed by atoms with Crippen LogP contribution in [0.25, 0.3) is 22.3 Å². The van der Waals surface area contributed by atoms with Crippen LogP contribution < -0.4 is 0 Å². The van der Waals surface area contributed by atoms with Gasteiger partial charge in [-0.3, -0.25) is 0 Å². The quantitative estimate of drug-likeness (QED) is 0.211. The zero-order valence-electron chi connectivity index (χ0n) is 21.2. The van der Waals surface area contributed by atoms with E-state index in [-0.39, 0.29) is 42.1 Å². The maximum atomic E-state index is 15.1. The Balaban J connectivity index is 1.50. The van der Waals surface area contributed by atoms with Crippen molar-refractivity contribution in [3.05, 3.63) is 95.1 Å². The summed E-state index contributed by atoms with van der Waals surface area (Å²) in [5.41, 5.74) is 1.64. The van der Waals surface area contributed by atoms with Crippen molar-refractivity contribution in [1.82, 2.24) is 0 Å². The van der Waals surface area contributed by atoms with Crippen LogP contribution in [-0.2, 0) is 15.9 Å². The molecular formula is C31H32F4O2. The molecule has 0 unspecified atom stereocenters. The monoisotopic (exact) mass is 512 g/mol. The van der Waals surface area contributed by atoms with Crippen molar-refractivity contribution in [2.24, 2.45) is 0 Å². The molecule has 37 heavy (non-hydrogen) atoms. The van der Waals surface area contributed by atoms with Crippen molar-refractivity contribution in [3.63, 3.8) is 0 Å². The van der Waals surface area contributed by atoms with Crippen molar-refractivity contribution in [2.75, 3.05) is 13.2 Å². The van der Waals surface area contributed by atoms with Gasteiger partial charge in [-0.05, 0) is 54.9 Å². The van der Waals surface area contributed by atoms with Crippen molar-refractivity contribution in [2.45, 2.75) is 58.2 Å². The van der Waals surface area contributed by atoms with E-state index >= 15 is 8.78 Å². The number of hydrogen-bond donors (Lipinski definition) is 0. The maximum Gasteiger partial charge on any atom is 0.166 e. The van der Waals surface area contributed by atoms with Crippen molar-refractivity contribution < 1.29 is 27.0 Å². The fourth-order valence-electron chi connectivity index (χ4n) is 4.60. The second-order valence-electron chi connectivity index (χ2n) is 9.35. The molecule has 1 fully saturated rings. The van der Waals surface area contributed by atoms with Gasteiger partial charge < -0.3 is 9.47 Å². The fraction of sp³-hybridized carbons (Fsp3) is 0.355. The van der Waals surface area contributed by atoms with Crippen molar-refractivity contribution in [1.29, 1.82) is 0 Å². The Hall–Kier alpha value is -2.96. The Labute approximate surface area is 215 Å². The number of aryl methyl sites for hydroxylation is 1. The summed E-state index contributed by atoms with van der Waals surface area (Å²) in [5.74, 6) is -4.04. The van der Waals surface area contributed by atoms with Gasteiger partial charge in [0.05, 0.1) is 13.2 Å². The number of ether oxygens (including phenoxy) is 2. The van der Waals surface area contributed by atoms with Gasteiger partial charge in [0.15, 0.2) is 29.6 Å². The highest BCUT2D eigenvalue weighted by atomic mass is 19.2. The van der Waals surface area contributed by atoms with E-state index in [1.54, 1.807) is 42.5 Å². The van der Waals surface area contributed by atoms with Gasteiger partial charge in [-0.1, -0.05) is 74.0 Å². The summed E-state index contributed by atoms with van der Waals surface area (Å²) in [6, 6.07) is 12.6. The van der Waals surface area contributed by atoms with Crippen LogP contribution in [0, 0.1) is 23.3 Å². The third kappa shape index (κ3) is 6.13. The minimum absolute atomic E-state index is 0.0947. The van der Waals surface area contributed by atoms with Gasteiger partial charge >= 0.3 is 0 Å². The lowest BCUT2D eigenvalue weighted by atomic mass is 9.94. The van der Waals surface area contributed by atoms with Crippen LogP contribution in [0.15, 0.2) is 60.7 Å². The molecule has 1 saturated heterocycles. The molecule has 3 aromatic rings. The molecule has 1 aliphatic rings. The summed E-state index contributed by atoms with van der Waals surface area (Å²) in [6.07, 6.45) is 7.31. The highest BCUT2D eigenvalue weighted by molar-refractivity contribution is 5.71. The number of rotatable bonds is 9. The van der Waals surface area contributed by atoms with E-state index in [4.69, 9.17) is 9.47 Å². The van der Waals surface area contributed by atoms with Gasteiger partial charge in [-0.2, -0.15) is 0 Å². The zero-order chi connectivity index (χ0) is 26.4. The Bertz CT molecular complexity index is 1230. The van der Waals surface area contributed by atoms with Crippen LogP contribution in [0.4, 0.5) is 17.6 Å². The summed E-state index contributed by atoms with van der Waals surface area (Å²) < 4.78 is 70.9. The third-order valence-electron chi connectivity index (χ3n) is 6.80. The summed E-state index contributed by atoms with van der Waals surface area (Å²) in [5, 5.41) is 0. The molecule has 196 valence electrons. The molecule has 3 aromatic carbocycles. The van der Waals surface area contributed by atoms with E-state index in [1.807, 2.05) is 19.1 Å². The standard InChI is InChI=1S/C31H32F4O2/c1-3-5-7-8-22-14-15-24(29(33)28(22)32)20-10-12-21(13-11-20)25-16-17-26(31(35)30(25)34)23-18-36-27(37-19-23)9-6-4-2/h3,5,10-17,23,27H,4,6-9,18-19H2,1-2H3. The van der Waals surface area contributed by atoms with Crippen LogP contribution >= 0.6 is 0 Å². The molecule has 2 nitrogen and oxygen atoms in total. The molecule has 0 aromatic heterocycles. The van der Waals surface area contributed by atoms with E-state index in [2.05, 4.69) is 6.92 Å². The number of unbranched alkanes of at least 4 members (excludes halogenated alkanes) is 1. The van der Waals surface area contributed by atoms with Crippen LogP contribution in [0.5, 0.6) is 0 Å². The number of allylic oxidation sites excluding steroid dienone is 2. The minimum atomic E-state index is -0.957. The topological polar surface area (TPSA) is 18.5 Å². The molecule has 0 amide bonds. The normalized spacial score (nSPS) is 18.0. The molecule has 0 radical (unpaired) electrons. The van der Waals surface area contributed by atoms with Gasteiger partial charge in [-0.25, -0.2) is 17.6 Å². The molecule has 0 atom stereocenters. The zero-order valence-corrected chi connectivity index (χ0v) is 21.2. The van der Waals surface area contributed by atoms with E-state index in [1.165, 1.54) is 6.07 Å². The van der Waals surface area contributed by atoms with Crippen LogP contribution in [0.2, 0.25) is 0 Å². The average Bonchev–Trinajstić information content (AvgIpc) is 2.92. The Morgan fingerprint density at radius 3 is 1.97 bits per heavy atom. The summed E-state index contributed by atoms with van der Waals surface area (Å²) in [6.45, 7) is 4.51. The predicted octanol–water partition coefficient (Wildman–Crippen LogP) is 8.73. The number of benzene rings is 3. The molecule has 0 aliphatic carbocycles. The molecule has 0 bridgehead atoms. The van der Waals surface area contributed by atoms with E-state index in [0.29, 0.717) is 29.5 Å². The first-order valence-electron chi connectivity index (χ1n) is 12.8. The molecule has 1 heterocycles. The molecule has 0 saturated carbocycles. The highest BCUT2D eigenvalue weighted by Gasteiger charge is 2.27. The van der Waals surface area contributed by atoms with Crippen molar-refractivity contribution in [3.8, 4) is 22.3 Å². The average molecular weight is 513 g/mol. The smallest absolute Gasteiger partial charge is 0.166 e. The lowest BCUT2D eigenvalue weighted by Crippen LogP contribution is -2.31. The van der Waals surface area contributed by atoms with Gasteiger partial charge in [0.1, 0.15) is 0 Å². The Kier molecular flexibility index (Phi) is 9.17. The molecule has 0 N–H and O–H groups in total. The second-order valence-corrected chi connectivity index (χ2v) is 9.35. The van der Waals surface area contributed by atoms with Crippen LogP contribution in [0.1, 0.15) is 56.6 Å². The SMILES string of the molecule is CC=CCCc1ccc(-c2ccc(-c3ccc(C4COC(CCCC)OC4)c(F)c3F)cc2)c(F)c1F. The molecular weight excluding hydrogens is 480 g/mol. The molecule has 4 rings (SSSR count). The maximum absolute atomic E-state index is 15.1. The lowest BCUT2D eigenvalue weighted by Gasteiger charge is -2.30. The summed E-state index contributed by atoms with van der Waals surface area (Å²) >= 11 is 0. The number of hydrogen-bond acceptors (Lipinski definition) is 2. The first-order valence-corrected chi connectivity index (χ1v) is 12.8. The van der Waals surface area contributed by atoms with Gasteiger partial charge in [0.25, 0.3) is 0 Å². The predicted molar refractivity (Wildman–Crippen MR) is 138 cm³/mol. The van der Waals surface area contributed by atoms with Gasteiger partial charge in [0, 0.05) is 17.0 Å². The second kappa shape index (κ2) is 12.5. The summed E-state index contributed by atoms with van der Waals surface area (Å²) in [7, 11) is 0. The molecule has 1 aliphatic heterocycles. The molecule has 6 heteroatoms. The van der Waals surface area contributed by atoms with Gasteiger partial charge in [-0.15, -0.1) is 0 Å². The molecule has 0 spiro atoms. The minimum Gasteiger partial charge on any atom is -0.352 e. The fourth-order valence-corrected chi connectivity index (χ4v) is 4.60.